The lowest BCUT2D eigenvalue weighted by Gasteiger charge is -2.26. The van der Waals surface area contributed by atoms with Gasteiger partial charge in [-0.25, -0.2) is 0 Å². The Morgan fingerprint density at radius 2 is 2.06 bits per heavy atom. The lowest BCUT2D eigenvalue weighted by molar-refractivity contribution is 0.0179. The van der Waals surface area contributed by atoms with Crippen LogP contribution in [0.3, 0.4) is 0 Å². The molecule has 0 bridgehead atoms. The molecule has 0 aromatic carbocycles. The van der Waals surface area contributed by atoms with Crippen LogP contribution in [0.2, 0.25) is 0 Å². The zero-order chi connectivity index (χ0) is 13.2. The van der Waals surface area contributed by atoms with Crippen molar-refractivity contribution in [1.29, 1.82) is 0 Å². The van der Waals surface area contributed by atoms with Gasteiger partial charge in [-0.1, -0.05) is 20.8 Å². The molecule has 0 radical (unpaired) electrons. The second-order valence-electron chi connectivity index (χ2n) is 6.54. The van der Waals surface area contributed by atoms with E-state index in [4.69, 9.17) is 0 Å². The molecule has 1 saturated carbocycles. The largest absolute Gasteiger partial charge is 0.385 e. The van der Waals surface area contributed by atoms with Crippen LogP contribution >= 0.6 is 0 Å². The Labute approximate surface area is 110 Å². The first-order valence-electron chi connectivity index (χ1n) is 7.20. The molecule has 18 heavy (non-hydrogen) atoms. The molecule has 1 N–H and O–H groups in total. The number of rotatable bonds is 3. The standard InChI is InChI=1S/C15H26N2O/c1-4-10-17-12-13(11-16-17)15(18)7-5-6-14(2,3)8-9-15/h11-12,18H,4-10H2,1-3H3. The van der Waals surface area contributed by atoms with Crippen molar-refractivity contribution in [2.24, 2.45) is 5.41 Å². The Balaban J connectivity index is 2.14. The van der Waals surface area contributed by atoms with Gasteiger partial charge in [0.15, 0.2) is 0 Å². The minimum Gasteiger partial charge on any atom is -0.385 e. The fourth-order valence-electron chi connectivity index (χ4n) is 2.90. The number of aliphatic hydroxyl groups is 1. The van der Waals surface area contributed by atoms with Gasteiger partial charge < -0.3 is 5.11 Å². The first kappa shape index (κ1) is 13.6. The quantitative estimate of drug-likeness (QED) is 0.834. The van der Waals surface area contributed by atoms with Crippen molar-refractivity contribution >= 4 is 0 Å². The van der Waals surface area contributed by atoms with Crippen LogP contribution in [-0.4, -0.2) is 14.9 Å². The van der Waals surface area contributed by atoms with Gasteiger partial charge >= 0.3 is 0 Å². The zero-order valence-electron chi connectivity index (χ0n) is 11.9. The minimum absolute atomic E-state index is 0.365. The van der Waals surface area contributed by atoms with E-state index in [2.05, 4.69) is 25.9 Å². The Hall–Kier alpha value is -0.830. The maximum atomic E-state index is 10.9. The molecule has 1 aromatic rings. The molecule has 3 nitrogen and oxygen atoms in total. The van der Waals surface area contributed by atoms with Crippen LogP contribution in [0.4, 0.5) is 0 Å². The van der Waals surface area contributed by atoms with E-state index in [1.54, 1.807) is 0 Å². The van der Waals surface area contributed by atoms with Crippen molar-refractivity contribution < 1.29 is 5.11 Å². The third-order valence-electron chi connectivity index (χ3n) is 4.28. The van der Waals surface area contributed by atoms with Gasteiger partial charge in [-0.15, -0.1) is 0 Å². The van der Waals surface area contributed by atoms with E-state index < -0.39 is 5.60 Å². The summed E-state index contributed by atoms with van der Waals surface area (Å²) in [5.74, 6) is 0. The van der Waals surface area contributed by atoms with Gasteiger partial charge in [-0.05, 0) is 43.9 Å². The van der Waals surface area contributed by atoms with E-state index in [0.717, 1.165) is 44.2 Å². The van der Waals surface area contributed by atoms with Gasteiger partial charge in [0.05, 0.1) is 11.8 Å². The lowest BCUT2D eigenvalue weighted by atomic mass is 9.83. The summed E-state index contributed by atoms with van der Waals surface area (Å²) in [7, 11) is 0. The molecule has 0 amide bonds. The van der Waals surface area contributed by atoms with Crippen LogP contribution in [0.15, 0.2) is 12.4 Å². The molecule has 1 aromatic heterocycles. The van der Waals surface area contributed by atoms with Crippen molar-refractivity contribution in [3.05, 3.63) is 18.0 Å². The summed E-state index contributed by atoms with van der Waals surface area (Å²) < 4.78 is 1.95. The van der Waals surface area contributed by atoms with Gasteiger partial charge in [0.2, 0.25) is 0 Å². The lowest BCUT2D eigenvalue weighted by Crippen LogP contribution is -2.24. The molecule has 1 fully saturated rings. The fraction of sp³-hybridized carbons (Fsp3) is 0.800. The van der Waals surface area contributed by atoms with Crippen molar-refractivity contribution in [1.82, 2.24) is 9.78 Å². The van der Waals surface area contributed by atoms with E-state index in [9.17, 15) is 5.11 Å². The van der Waals surface area contributed by atoms with Crippen molar-refractivity contribution in [2.45, 2.75) is 71.4 Å². The highest BCUT2D eigenvalue weighted by atomic mass is 16.3. The molecular formula is C15H26N2O. The van der Waals surface area contributed by atoms with Gasteiger partial charge in [0.25, 0.3) is 0 Å². The smallest absolute Gasteiger partial charge is 0.0927 e. The predicted molar refractivity (Wildman–Crippen MR) is 73.3 cm³/mol. The van der Waals surface area contributed by atoms with Crippen molar-refractivity contribution in [2.75, 3.05) is 0 Å². The van der Waals surface area contributed by atoms with E-state index in [-0.39, 0.29) is 0 Å². The second kappa shape index (κ2) is 5.04. The van der Waals surface area contributed by atoms with Gasteiger partial charge in [-0.3, -0.25) is 4.68 Å². The highest BCUT2D eigenvalue weighted by molar-refractivity contribution is 5.16. The molecule has 102 valence electrons. The molecule has 3 heteroatoms. The molecule has 1 aliphatic rings. The van der Waals surface area contributed by atoms with Crippen LogP contribution in [0.5, 0.6) is 0 Å². The number of aromatic nitrogens is 2. The highest BCUT2D eigenvalue weighted by Gasteiger charge is 2.35. The third kappa shape index (κ3) is 2.94. The average Bonchev–Trinajstić information content (AvgIpc) is 2.71. The third-order valence-corrected chi connectivity index (χ3v) is 4.28. The maximum Gasteiger partial charge on any atom is 0.0927 e. The SMILES string of the molecule is CCCn1cc(C2(O)CCCC(C)(C)CC2)cn1. The van der Waals surface area contributed by atoms with Gasteiger partial charge in [-0.2, -0.15) is 5.10 Å². The molecule has 1 atom stereocenters. The van der Waals surface area contributed by atoms with Gasteiger partial charge in [0.1, 0.15) is 0 Å². The van der Waals surface area contributed by atoms with Crippen LogP contribution in [0.1, 0.15) is 64.9 Å². The Morgan fingerprint density at radius 3 is 2.78 bits per heavy atom. The van der Waals surface area contributed by atoms with Crippen molar-refractivity contribution in [3.8, 4) is 0 Å². The summed E-state index contributed by atoms with van der Waals surface area (Å²) in [6.45, 7) is 7.68. The molecule has 1 unspecified atom stereocenters. The molecule has 0 aliphatic heterocycles. The molecule has 2 rings (SSSR count). The summed E-state index contributed by atoms with van der Waals surface area (Å²) in [5.41, 5.74) is 0.720. The van der Waals surface area contributed by atoms with E-state index in [1.165, 1.54) is 6.42 Å². The summed E-state index contributed by atoms with van der Waals surface area (Å²) in [6, 6.07) is 0. The number of hydrogen-bond acceptors (Lipinski definition) is 2. The number of aryl methyl sites for hydroxylation is 1. The highest BCUT2D eigenvalue weighted by Crippen LogP contribution is 2.42. The maximum absolute atomic E-state index is 10.9. The second-order valence-corrected chi connectivity index (χ2v) is 6.54. The number of hydrogen-bond donors (Lipinski definition) is 1. The van der Waals surface area contributed by atoms with Crippen LogP contribution in [0.25, 0.3) is 0 Å². The average molecular weight is 250 g/mol. The molecule has 1 aliphatic carbocycles. The normalized spacial score (nSPS) is 28.0. The summed E-state index contributed by atoms with van der Waals surface area (Å²) in [4.78, 5) is 0. The Bertz CT molecular complexity index is 397. The predicted octanol–water partition coefficient (Wildman–Crippen LogP) is 3.47. The summed E-state index contributed by atoms with van der Waals surface area (Å²) in [5, 5.41) is 15.2. The zero-order valence-corrected chi connectivity index (χ0v) is 11.9. The summed E-state index contributed by atoms with van der Waals surface area (Å²) >= 11 is 0. The monoisotopic (exact) mass is 250 g/mol. The van der Waals surface area contributed by atoms with Gasteiger partial charge in [0, 0.05) is 18.3 Å². The molecular weight excluding hydrogens is 224 g/mol. The van der Waals surface area contributed by atoms with E-state index in [1.807, 2.05) is 17.1 Å². The Morgan fingerprint density at radius 1 is 1.28 bits per heavy atom. The molecule has 0 saturated heterocycles. The molecule has 1 heterocycles. The fourth-order valence-corrected chi connectivity index (χ4v) is 2.90. The topological polar surface area (TPSA) is 38.0 Å². The van der Waals surface area contributed by atoms with Crippen LogP contribution < -0.4 is 0 Å². The molecule has 0 spiro atoms. The first-order valence-corrected chi connectivity index (χ1v) is 7.20. The van der Waals surface area contributed by atoms with Crippen LogP contribution in [-0.2, 0) is 12.1 Å². The van der Waals surface area contributed by atoms with E-state index in [0.29, 0.717) is 5.41 Å². The summed E-state index contributed by atoms with van der Waals surface area (Å²) in [6.07, 6.45) is 10.1. The van der Waals surface area contributed by atoms with Crippen molar-refractivity contribution in [3.63, 3.8) is 0 Å². The first-order chi connectivity index (χ1) is 8.45. The van der Waals surface area contributed by atoms with Crippen LogP contribution in [0, 0.1) is 5.41 Å². The number of nitrogens with zero attached hydrogens (tertiary/aromatic N) is 2. The Kier molecular flexibility index (Phi) is 3.81. The van der Waals surface area contributed by atoms with E-state index >= 15 is 0 Å². The minimum atomic E-state index is -0.653.